The summed E-state index contributed by atoms with van der Waals surface area (Å²) in [6, 6.07) is 8.50. The molecule has 0 aliphatic carbocycles. The van der Waals surface area contributed by atoms with E-state index < -0.39 is 5.60 Å². The van der Waals surface area contributed by atoms with E-state index in [9.17, 15) is 5.11 Å². The molecular weight excluding hydrogens is 222 g/mol. The van der Waals surface area contributed by atoms with Crippen LogP contribution in [0.4, 0.5) is 0 Å². The predicted molar refractivity (Wildman–Crippen MR) is 75.7 cm³/mol. The second kappa shape index (κ2) is 5.85. The third-order valence-electron chi connectivity index (χ3n) is 4.12. The molecular formula is C16H25NO. The normalized spacial score (nSPS) is 19.9. The number of hydrogen-bond acceptors (Lipinski definition) is 2. The first kappa shape index (κ1) is 13.6. The lowest BCUT2D eigenvalue weighted by molar-refractivity contribution is -0.0257. The standard InChI is InChI=1S/C16H25NO/c1-3-11-17-12-9-16(18,10-13-17)15-7-5-14(4-2)6-8-15/h5-8,18H,3-4,9-13H2,1-2H3. The molecule has 0 saturated carbocycles. The minimum Gasteiger partial charge on any atom is -0.385 e. The Morgan fingerprint density at radius 3 is 2.22 bits per heavy atom. The van der Waals surface area contributed by atoms with E-state index in [4.69, 9.17) is 0 Å². The van der Waals surface area contributed by atoms with Gasteiger partial charge in [0.05, 0.1) is 5.60 Å². The summed E-state index contributed by atoms with van der Waals surface area (Å²) >= 11 is 0. The van der Waals surface area contributed by atoms with E-state index in [1.807, 2.05) is 0 Å². The average Bonchev–Trinajstić information content (AvgIpc) is 2.42. The first-order valence-electron chi connectivity index (χ1n) is 7.22. The Morgan fingerprint density at radius 2 is 1.72 bits per heavy atom. The molecule has 1 saturated heterocycles. The fourth-order valence-electron chi connectivity index (χ4n) is 2.80. The van der Waals surface area contributed by atoms with E-state index in [0.29, 0.717) is 0 Å². The molecule has 0 unspecified atom stereocenters. The number of hydrogen-bond donors (Lipinski definition) is 1. The second-order valence-corrected chi connectivity index (χ2v) is 5.42. The quantitative estimate of drug-likeness (QED) is 0.884. The molecule has 0 amide bonds. The van der Waals surface area contributed by atoms with Crippen LogP contribution in [-0.2, 0) is 12.0 Å². The van der Waals surface area contributed by atoms with E-state index in [-0.39, 0.29) is 0 Å². The maximum absolute atomic E-state index is 10.8. The van der Waals surface area contributed by atoms with E-state index in [2.05, 4.69) is 43.0 Å². The zero-order chi connectivity index (χ0) is 13.0. The third kappa shape index (κ3) is 2.93. The van der Waals surface area contributed by atoms with Crippen LogP contribution in [0.25, 0.3) is 0 Å². The summed E-state index contributed by atoms with van der Waals surface area (Å²) in [6.45, 7) is 7.56. The molecule has 1 aromatic carbocycles. The van der Waals surface area contributed by atoms with Crippen molar-refractivity contribution in [2.24, 2.45) is 0 Å². The van der Waals surface area contributed by atoms with Gasteiger partial charge in [-0.2, -0.15) is 0 Å². The molecule has 100 valence electrons. The Labute approximate surface area is 111 Å². The van der Waals surface area contributed by atoms with Gasteiger partial charge in [-0.3, -0.25) is 0 Å². The highest BCUT2D eigenvalue weighted by Crippen LogP contribution is 2.32. The Morgan fingerprint density at radius 1 is 1.11 bits per heavy atom. The van der Waals surface area contributed by atoms with Gasteiger partial charge in [0.1, 0.15) is 0 Å². The van der Waals surface area contributed by atoms with Crippen LogP contribution in [-0.4, -0.2) is 29.6 Å². The summed E-state index contributed by atoms with van der Waals surface area (Å²) in [6.07, 6.45) is 3.98. The number of rotatable bonds is 4. The van der Waals surface area contributed by atoms with Crippen LogP contribution in [0.3, 0.4) is 0 Å². The van der Waals surface area contributed by atoms with E-state index in [0.717, 1.165) is 44.5 Å². The van der Waals surface area contributed by atoms with E-state index >= 15 is 0 Å². The lowest BCUT2D eigenvalue weighted by atomic mass is 9.84. The van der Waals surface area contributed by atoms with Crippen molar-refractivity contribution in [2.75, 3.05) is 19.6 Å². The van der Waals surface area contributed by atoms with Gasteiger partial charge < -0.3 is 10.0 Å². The predicted octanol–water partition coefficient (Wildman–Crippen LogP) is 2.94. The van der Waals surface area contributed by atoms with Crippen LogP contribution in [0.5, 0.6) is 0 Å². The van der Waals surface area contributed by atoms with Gasteiger partial charge in [0.2, 0.25) is 0 Å². The number of benzene rings is 1. The topological polar surface area (TPSA) is 23.5 Å². The molecule has 0 aromatic heterocycles. The third-order valence-corrected chi connectivity index (χ3v) is 4.12. The van der Waals surface area contributed by atoms with Crippen LogP contribution < -0.4 is 0 Å². The maximum atomic E-state index is 10.8. The summed E-state index contributed by atoms with van der Waals surface area (Å²) in [5, 5.41) is 10.8. The van der Waals surface area contributed by atoms with E-state index in [1.54, 1.807) is 0 Å². The van der Waals surface area contributed by atoms with Crippen molar-refractivity contribution in [3.8, 4) is 0 Å². The van der Waals surface area contributed by atoms with Gasteiger partial charge in [0.15, 0.2) is 0 Å². The molecule has 18 heavy (non-hydrogen) atoms. The van der Waals surface area contributed by atoms with Crippen LogP contribution in [0.1, 0.15) is 44.2 Å². The first-order valence-corrected chi connectivity index (χ1v) is 7.22. The van der Waals surface area contributed by atoms with Gasteiger partial charge in [-0.15, -0.1) is 0 Å². The number of aryl methyl sites for hydroxylation is 1. The zero-order valence-corrected chi connectivity index (χ0v) is 11.7. The molecule has 1 aliphatic heterocycles. The van der Waals surface area contributed by atoms with Gasteiger partial charge in [0, 0.05) is 13.1 Å². The highest BCUT2D eigenvalue weighted by molar-refractivity contribution is 5.27. The zero-order valence-electron chi connectivity index (χ0n) is 11.7. The monoisotopic (exact) mass is 247 g/mol. The number of likely N-dealkylation sites (tertiary alicyclic amines) is 1. The van der Waals surface area contributed by atoms with E-state index in [1.165, 1.54) is 12.0 Å². The van der Waals surface area contributed by atoms with Crippen molar-refractivity contribution >= 4 is 0 Å². The maximum Gasteiger partial charge on any atom is 0.0920 e. The lowest BCUT2D eigenvalue weighted by Gasteiger charge is -2.38. The second-order valence-electron chi connectivity index (χ2n) is 5.42. The summed E-state index contributed by atoms with van der Waals surface area (Å²) in [5.41, 5.74) is 1.83. The molecule has 1 heterocycles. The molecule has 1 N–H and O–H groups in total. The van der Waals surface area contributed by atoms with Crippen molar-refractivity contribution in [3.63, 3.8) is 0 Å². The molecule has 0 spiro atoms. The molecule has 2 nitrogen and oxygen atoms in total. The molecule has 0 bridgehead atoms. The van der Waals surface area contributed by atoms with Crippen molar-refractivity contribution in [2.45, 2.75) is 45.1 Å². The molecule has 1 aromatic rings. The van der Waals surface area contributed by atoms with Crippen LogP contribution >= 0.6 is 0 Å². The number of piperidine rings is 1. The van der Waals surface area contributed by atoms with Crippen LogP contribution in [0.2, 0.25) is 0 Å². The molecule has 0 radical (unpaired) electrons. The van der Waals surface area contributed by atoms with Gasteiger partial charge in [-0.1, -0.05) is 38.1 Å². The molecule has 1 fully saturated rings. The number of nitrogens with zero attached hydrogens (tertiary/aromatic N) is 1. The SMILES string of the molecule is CCCN1CCC(O)(c2ccc(CC)cc2)CC1. The van der Waals surface area contributed by atoms with Crippen LogP contribution in [0.15, 0.2) is 24.3 Å². The van der Waals surface area contributed by atoms with Crippen LogP contribution in [0, 0.1) is 0 Å². The first-order chi connectivity index (χ1) is 8.68. The van der Waals surface area contributed by atoms with Gasteiger partial charge >= 0.3 is 0 Å². The van der Waals surface area contributed by atoms with Crippen molar-refractivity contribution in [1.82, 2.24) is 4.90 Å². The summed E-state index contributed by atoms with van der Waals surface area (Å²) in [7, 11) is 0. The lowest BCUT2D eigenvalue weighted by Crippen LogP contribution is -2.42. The van der Waals surface area contributed by atoms with Gasteiger partial charge in [-0.05, 0) is 43.4 Å². The van der Waals surface area contributed by atoms with Crippen molar-refractivity contribution in [1.29, 1.82) is 0 Å². The van der Waals surface area contributed by atoms with Crippen molar-refractivity contribution < 1.29 is 5.11 Å². The highest BCUT2D eigenvalue weighted by Gasteiger charge is 2.33. The average molecular weight is 247 g/mol. The smallest absolute Gasteiger partial charge is 0.0920 e. The number of aliphatic hydroxyl groups is 1. The Hall–Kier alpha value is -0.860. The fraction of sp³-hybridized carbons (Fsp3) is 0.625. The molecule has 0 atom stereocenters. The Bertz CT molecular complexity index is 363. The highest BCUT2D eigenvalue weighted by atomic mass is 16.3. The summed E-state index contributed by atoms with van der Waals surface area (Å²) in [4.78, 5) is 2.45. The summed E-state index contributed by atoms with van der Waals surface area (Å²) < 4.78 is 0. The Kier molecular flexibility index (Phi) is 4.41. The fourth-order valence-corrected chi connectivity index (χ4v) is 2.80. The Balaban J connectivity index is 2.03. The summed E-state index contributed by atoms with van der Waals surface area (Å²) in [5.74, 6) is 0. The molecule has 2 heteroatoms. The van der Waals surface area contributed by atoms with Gasteiger partial charge in [-0.25, -0.2) is 0 Å². The molecule has 1 aliphatic rings. The minimum absolute atomic E-state index is 0.601. The minimum atomic E-state index is -0.601. The van der Waals surface area contributed by atoms with Crippen molar-refractivity contribution in [3.05, 3.63) is 35.4 Å². The van der Waals surface area contributed by atoms with Gasteiger partial charge in [0.25, 0.3) is 0 Å². The molecule has 2 rings (SSSR count). The largest absolute Gasteiger partial charge is 0.385 e.